The average molecular weight is 369 g/mol. The molecule has 2 saturated heterocycles. The molecule has 2 atom stereocenters. The number of piperidine rings is 1. The van der Waals surface area contributed by atoms with Gasteiger partial charge in [0.25, 0.3) is 0 Å². The number of halogens is 2. The lowest BCUT2D eigenvalue weighted by Gasteiger charge is -2.28. The first kappa shape index (κ1) is 15.9. The third kappa shape index (κ3) is 4.07. The van der Waals surface area contributed by atoms with Crippen molar-refractivity contribution in [1.29, 1.82) is 0 Å². The van der Waals surface area contributed by atoms with Crippen molar-refractivity contribution in [2.75, 3.05) is 6.54 Å². The summed E-state index contributed by atoms with van der Waals surface area (Å²) in [6, 6.07) is 6.14. The molecule has 2 aliphatic rings. The number of rotatable bonds is 5. The molecule has 0 aliphatic carbocycles. The molecule has 2 N–H and O–H groups in total. The molecule has 2 unspecified atom stereocenters. The van der Waals surface area contributed by atoms with Gasteiger partial charge in [-0.1, -0.05) is 15.9 Å². The monoisotopic (exact) mass is 368 g/mol. The van der Waals surface area contributed by atoms with E-state index in [0.717, 1.165) is 17.3 Å². The van der Waals surface area contributed by atoms with Crippen LogP contribution in [-0.2, 0) is 11.2 Å². The highest BCUT2D eigenvalue weighted by Crippen LogP contribution is 2.32. The summed E-state index contributed by atoms with van der Waals surface area (Å²) in [4.78, 5) is 12.1. The Bertz CT molecular complexity index is 539. The summed E-state index contributed by atoms with van der Waals surface area (Å²) in [6.07, 6.45) is 5.87. The van der Waals surface area contributed by atoms with Crippen molar-refractivity contribution in [3.8, 4) is 0 Å². The van der Waals surface area contributed by atoms with E-state index in [9.17, 15) is 9.18 Å². The summed E-state index contributed by atoms with van der Waals surface area (Å²) >= 11 is 3.34. The molecule has 1 aromatic rings. The zero-order valence-corrected chi connectivity index (χ0v) is 14.2. The van der Waals surface area contributed by atoms with E-state index >= 15 is 0 Å². The van der Waals surface area contributed by atoms with Crippen LogP contribution in [0, 0.1) is 11.7 Å². The molecule has 0 aromatic heterocycles. The largest absolute Gasteiger partial charge is 0.356 e. The number of carbonyl (C=O) groups excluding carboxylic acids is 1. The lowest BCUT2D eigenvalue weighted by Crippen LogP contribution is -2.39. The van der Waals surface area contributed by atoms with Crippen LogP contribution in [-0.4, -0.2) is 24.5 Å². The zero-order valence-electron chi connectivity index (χ0n) is 12.6. The van der Waals surface area contributed by atoms with Crippen molar-refractivity contribution in [3.63, 3.8) is 0 Å². The van der Waals surface area contributed by atoms with Crippen molar-refractivity contribution >= 4 is 21.8 Å². The first-order valence-electron chi connectivity index (χ1n) is 8.07. The maximum Gasteiger partial charge on any atom is 0.220 e. The topological polar surface area (TPSA) is 41.1 Å². The van der Waals surface area contributed by atoms with Crippen LogP contribution in [0.3, 0.4) is 0 Å². The second-order valence-corrected chi connectivity index (χ2v) is 7.43. The molecule has 2 bridgehead atoms. The zero-order chi connectivity index (χ0) is 15.5. The lowest BCUT2D eigenvalue weighted by atomic mass is 9.89. The summed E-state index contributed by atoms with van der Waals surface area (Å²) in [5.74, 6) is 0.385. The fourth-order valence-electron chi connectivity index (χ4n) is 3.75. The number of fused-ring (bicyclic) bond motifs is 2. The molecule has 2 heterocycles. The molecule has 1 amide bonds. The van der Waals surface area contributed by atoms with E-state index < -0.39 is 0 Å². The minimum absolute atomic E-state index is 0.0988. The van der Waals surface area contributed by atoms with E-state index in [2.05, 4.69) is 26.6 Å². The van der Waals surface area contributed by atoms with Gasteiger partial charge in [0.05, 0.1) is 0 Å². The molecule has 120 valence electrons. The molecule has 0 radical (unpaired) electrons. The molecule has 2 fully saturated rings. The molecule has 3 nitrogen and oxygen atoms in total. The predicted molar refractivity (Wildman–Crippen MR) is 88.1 cm³/mol. The SMILES string of the molecule is O=C(CC1CC2CCC(C1)N2)NCCc1cc(Br)ccc1F. The van der Waals surface area contributed by atoms with Crippen molar-refractivity contribution in [3.05, 3.63) is 34.1 Å². The van der Waals surface area contributed by atoms with Gasteiger partial charge in [0, 0.05) is 29.5 Å². The minimum Gasteiger partial charge on any atom is -0.356 e. The Balaban J connectivity index is 1.42. The number of amides is 1. The molecule has 1 aromatic carbocycles. The number of hydrogen-bond acceptors (Lipinski definition) is 2. The van der Waals surface area contributed by atoms with E-state index in [1.54, 1.807) is 12.1 Å². The highest BCUT2D eigenvalue weighted by Gasteiger charge is 2.34. The molecule has 0 saturated carbocycles. The highest BCUT2D eigenvalue weighted by atomic mass is 79.9. The van der Waals surface area contributed by atoms with Crippen LogP contribution in [0.1, 0.15) is 37.7 Å². The van der Waals surface area contributed by atoms with E-state index in [0.29, 0.717) is 43.0 Å². The van der Waals surface area contributed by atoms with E-state index in [1.165, 1.54) is 18.9 Å². The van der Waals surface area contributed by atoms with Crippen LogP contribution in [0.15, 0.2) is 22.7 Å². The van der Waals surface area contributed by atoms with Gasteiger partial charge >= 0.3 is 0 Å². The third-order valence-corrected chi connectivity index (χ3v) is 5.26. The first-order valence-corrected chi connectivity index (χ1v) is 8.86. The molecule has 3 rings (SSSR count). The predicted octanol–water partition coefficient (Wildman–Crippen LogP) is 3.17. The normalized spacial score (nSPS) is 26.9. The van der Waals surface area contributed by atoms with Gasteiger partial charge < -0.3 is 10.6 Å². The number of hydrogen-bond donors (Lipinski definition) is 2. The van der Waals surface area contributed by atoms with Crippen LogP contribution >= 0.6 is 15.9 Å². The maximum atomic E-state index is 13.6. The smallest absolute Gasteiger partial charge is 0.220 e. The van der Waals surface area contributed by atoms with Crippen LogP contribution in [0.4, 0.5) is 4.39 Å². The Labute approximate surface area is 139 Å². The van der Waals surface area contributed by atoms with Gasteiger partial charge in [-0.05, 0) is 61.8 Å². The molecule has 5 heteroatoms. The van der Waals surface area contributed by atoms with Crippen LogP contribution in [0.25, 0.3) is 0 Å². The summed E-state index contributed by atoms with van der Waals surface area (Å²) in [5, 5.41) is 6.53. The Morgan fingerprint density at radius 3 is 2.77 bits per heavy atom. The molecular formula is C17H22BrFN2O. The average Bonchev–Trinajstić information content (AvgIpc) is 2.81. The van der Waals surface area contributed by atoms with Gasteiger partial charge in [0.2, 0.25) is 5.91 Å². The minimum atomic E-state index is -0.215. The summed E-state index contributed by atoms with van der Waals surface area (Å²) in [5.41, 5.74) is 0.634. The second kappa shape index (κ2) is 7.09. The Morgan fingerprint density at radius 2 is 2.05 bits per heavy atom. The van der Waals surface area contributed by atoms with Gasteiger partial charge in [0.15, 0.2) is 0 Å². The molecule has 0 spiro atoms. The summed E-state index contributed by atoms with van der Waals surface area (Å²) in [7, 11) is 0. The van der Waals surface area contributed by atoms with Gasteiger partial charge in [-0.25, -0.2) is 4.39 Å². The van der Waals surface area contributed by atoms with Crippen molar-refractivity contribution < 1.29 is 9.18 Å². The fraction of sp³-hybridized carbons (Fsp3) is 0.588. The molecular weight excluding hydrogens is 347 g/mol. The fourth-order valence-corrected chi connectivity index (χ4v) is 4.16. The summed E-state index contributed by atoms with van der Waals surface area (Å²) in [6.45, 7) is 0.490. The van der Waals surface area contributed by atoms with Gasteiger partial charge in [-0.15, -0.1) is 0 Å². The van der Waals surface area contributed by atoms with Crippen LogP contribution in [0.5, 0.6) is 0 Å². The van der Waals surface area contributed by atoms with Crippen molar-refractivity contribution in [2.24, 2.45) is 5.92 Å². The van der Waals surface area contributed by atoms with Crippen molar-refractivity contribution in [2.45, 2.75) is 50.6 Å². The molecule has 2 aliphatic heterocycles. The highest BCUT2D eigenvalue weighted by molar-refractivity contribution is 9.10. The Kier molecular flexibility index (Phi) is 5.14. The first-order chi connectivity index (χ1) is 10.6. The maximum absolute atomic E-state index is 13.6. The van der Waals surface area contributed by atoms with Gasteiger partial charge in [-0.2, -0.15) is 0 Å². The van der Waals surface area contributed by atoms with Crippen LogP contribution < -0.4 is 10.6 Å². The summed E-state index contributed by atoms with van der Waals surface area (Å²) < 4.78 is 14.5. The number of carbonyl (C=O) groups is 1. The Hall–Kier alpha value is -0.940. The number of nitrogens with one attached hydrogen (secondary N) is 2. The quantitative estimate of drug-likeness (QED) is 0.837. The molecule has 22 heavy (non-hydrogen) atoms. The van der Waals surface area contributed by atoms with Gasteiger partial charge in [-0.3, -0.25) is 4.79 Å². The van der Waals surface area contributed by atoms with Crippen molar-refractivity contribution in [1.82, 2.24) is 10.6 Å². The van der Waals surface area contributed by atoms with Crippen LogP contribution in [0.2, 0.25) is 0 Å². The second-order valence-electron chi connectivity index (χ2n) is 6.52. The third-order valence-electron chi connectivity index (χ3n) is 4.77. The van der Waals surface area contributed by atoms with Gasteiger partial charge in [0.1, 0.15) is 5.82 Å². The van der Waals surface area contributed by atoms with E-state index in [4.69, 9.17) is 0 Å². The Morgan fingerprint density at radius 1 is 1.32 bits per heavy atom. The lowest BCUT2D eigenvalue weighted by molar-refractivity contribution is -0.122. The number of benzene rings is 1. The van der Waals surface area contributed by atoms with E-state index in [-0.39, 0.29) is 11.7 Å². The van der Waals surface area contributed by atoms with E-state index in [1.807, 2.05) is 0 Å². The standard InChI is InChI=1S/C17H22BrFN2O/c18-13-1-4-16(19)12(10-13)5-6-20-17(22)9-11-7-14-2-3-15(8-11)21-14/h1,4,10-11,14-15,21H,2-3,5-9H2,(H,20,22).